The summed E-state index contributed by atoms with van der Waals surface area (Å²) < 4.78 is 1.97. The molecule has 0 amide bonds. The van der Waals surface area contributed by atoms with E-state index in [1.165, 1.54) is 0 Å². The predicted octanol–water partition coefficient (Wildman–Crippen LogP) is 5.88. The van der Waals surface area contributed by atoms with Crippen molar-refractivity contribution in [2.75, 3.05) is 5.43 Å². The summed E-state index contributed by atoms with van der Waals surface area (Å²) in [5.74, 6) is 0.786. The van der Waals surface area contributed by atoms with Crippen LogP contribution in [0.25, 0.3) is 27.6 Å². The molecule has 5 aromatic rings. The first-order valence-electron chi connectivity index (χ1n) is 10.3. The van der Waals surface area contributed by atoms with Crippen molar-refractivity contribution in [3.05, 3.63) is 82.0 Å². The zero-order valence-electron chi connectivity index (χ0n) is 17.6. The third-order valence-corrected chi connectivity index (χ3v) is 5.97. The van der Waals surface area contributed by atoms with Gasteiger partial charge in [0.05, 0.1) is 28.3 Å². The first kappa shape index (κ1) is 20.0. The Morgan fingerprint density at radius 2 is 1.88 bits per heavy atom. The van der Waals surface area contributed by atoms with Crippen molar-refractivity contribution >= 4 is 51.2 Å². The van der Waals surface area contributed by atoms with E-state index >= 15 is 0 Å². The SMILES string of the molecule is CCc1c(C)c(C#N)c2nc3ccccc3n2c1NN=Cc1cc2ccccc2nc1Cl. The average molecular weight is 439 g/mol. The Kier molecular flexibility index (Phi) is 4.96. The molecule has 0 fully saturated rings. The number of anilines is 1. The summed E-state index contributed by atoms with van der Waals surface area (Å²) in [5.41, 5.74) is 9.60. The fourth-order valence-corrected chi connectivity index (χ4v) is 4.29. The number of fused-ring (bicyclic) bond motifs is 4. The molecule has 0 unspecified atom stereocenters. The smallest absolute Gasteiger partial charge is 0.157 e. The molecule has 0 radical (unpaired) electrons. The molecule has 156 valence electrons. The van der Waals surface area contributed by atoms with Gasteiger partial charge in [-0.1, -0.05) is 48.9 Å². The summed E-state index contributed by atoms with van der Waals surface area (Å²) in [6.07, 6.45) is 2.40. The van der Waals surface area contributed by atoms with Gasteiger partial charge in [-0.05, 0) is 48.7 Å². The maximum absolute atomic E-state index is 9.82. The Hall–Kier alpha value is -3.95. The Morgan fingerprint density at radius 3 is 2.66 bits per heavy atom. The molecule has 7 heteroatoms. The van der Waals surface area contributed by atoms with Crippen molar-refractivity contribution in [1.82, 2.24) is 14.4 Å². The Morgan fingerprint density at radius 1 is 1.12 bits per heavy atom. The molecule has 2 aromatic carbocycles. The normalized spacial score (nSPS) is 11.6. The van der Waals surface area contributed by atoms with Crippen LogP contribution >= 0.6 is 11.6 Å². The largest absolute Gasteiger partial charge is 0.276 e. The van der Waals surface area contributed by atoms with Crippen molar-refractivity contribution in [3.8, 4) is 6.07 Å². The van der Waals surface area contributed by atoms with E-state index in [2.05, 4.69) is 28.5 Å². The van der Waals surface area contributed by atoms with Gasteiger partial charge in [0.1, 0.15) is 17.0 Å². The van der Waals surface area contributed by atoms with Crippen molar-refractivity contribution in [2.24, 2.45) is 5.10 Å². The van der Waals surface area contributed by atoms with Crippen LogP contribution in [-0.4, -0.2) is 20.6 Å². The molecule has 1 N–H and O–H groups in total. The van der Waals surface area contributed by atoms with E-state index in [1.54, 1.807) is 6.21 Å². The number of para-hydroxylation sites is 3. The van der Waals surface area contributed by atoms with Gasteiger partial charge in [0.2, 0.25) is 0 Å². The number of benzene rings is 2. The van der Waals surface area contributed by atoms with Gasteiger partial charge in [0, 0.05) is 10.9 Å². The lowest BCUT2D eigenvalue weighted by atomic mass is 10.0. The van der Waals surface area contributed by atoms with Gasteiger partial charge >= 0.3 is 0 Å². The second-order valence-electron chi connectivity index (χ2n) is 7.48. The highest BCUT2D eigenvalue weighted by Crippen LogP contribution is 2.31. The Bertz CT molecular complexity index is 1580. The summed E-state index contributed by atoms with van der Waals surface area (Å²) in [4.78, 5) is 9.16. The molecular weight excluding hydrogens is 420 g/mol. The van der Waals surface area contributed by atoms with Crippen LogP contribution in [0.2, 0.25) is 5.15 Å². The van der Waals surface area contributed by atoms with Gasteiger partial charge in [-0.2, -0.15) is 10.4 Å². The number of nitrogens with one attached hydrogen (secondary N) is 1. The molecule has 3 aromatic heterocycles. The molecule has 6 nitrogen and oxygen atoms in total. The zero-order valence-corrected chi connectivity index (χ0v) is 18.4. The molecule has 5 rings (SSSR count). The first-order chi connectivity index (χ1) is 15.6. The lowest BCUT2D eigenvalue weighted by Gasteiger charge is -2.15. The van der Waals surface area contributed by atoms with Crippen LogP contribution in [0.3, 0.4) is 0 Å². The van der Waals surface area contributed by atoms with Crippen LogP contribution in [0.4, 0.5) is 5.82 Å². The van der Waals surface area contributed by atoms with Crippen LogP contribution in [0.5, 0.6) is 0 Å². The number of imidazole rings is 1. The molecule has 0 aliphatic heterocycles. The molecule has 0 bridgehead atoms. The minimum atomic E-state index is 0.388. The molecule has 3 heterocycles. The molecule has 0 spiro atoms. The lowest BCUT2D eigenvalue weighted by Crippen LogP contribution is -2.07. The third kappa shape index (κ3) is 3.15. The maximum atomic E-state index is 9.82. The summed E-state index contributed by atoms with van der Waals surface area (Å²) >= 11 is 6.38. The standard InChI is InChI=1S/C25H19ClN6/c1-3-18-15(2)19(13-27)24-30-21-10-6-7-11-22(21)32(24)25(18)31-28-14-17-12-16-8-4-5-9-20(16)29-23(17)26/h4-12,14,31H,3H2,1-2H3. The third-order valence-electron chi connectivity index (χ3n) is 5.67. The second-order valence-corrected chi connectivity index (χ2v) is 7.84. The number of halogens is 1. The number of hydrazone groups is 1. The average Bonchev–Trinajstić information content (AvgIpc) is 3.18. The number of hydrogen-bond donors (Lipinski definition) is 1. The number of hydrogen-bond acceptors (Lipinski definition) is 5. The van der Waals surface area contributed by atoms with Crippen molar-refractivity contribution in [1.29, 1.82) is 5.26 Å². The quantitative estimate of drug-likeness (QED) is 0.216. The maximum Gasteiger partial charge on any atom is 0.157 e. The van der Waals surface area contributed by atoms with E-state index in [-0.39, 0.29) is 0 Å². The van der Waals surface area contributed by atoms with Crippen LogP contribution < -0.4 is 5.43 Å². The van der Waals surface area contributed by atoms with Gasteiger partial charge in [0.15, 0.2) is 5.65 Å². The monoisotopic (exact) mass is 438 g/mol. The Balaban J connectivity index is 1.66. The molecule has 0 saturated carbocycles. The number of nitriles is 1. The highest BCUT2D eigenvalue weighted by Gasteiger charge is 2.19. The number of aromatic nitrogens is 3. The molecule has 0 aliphatic carbocycles. The molecule has 0 saturated heterocycles. The highest BCUT2D eigenvalue weighted by atomic mass is 35.5. The van der Waals surface area contributed by atoms with Crippen LogP contribution in [0.15, 0.2) is 59.7 Å². The topological polar surface area (TPSA) is 78.4 Å². The van der Waals surface area contributed by atoms with E-state index in [9.17, 15) is 5.26 Å². The summed E-state index contributed by atoms with van der Waals surface area (Å²) in [6, 6.07) is 19.9. The summed E-state index contributed by atoms with van der Waals surface area (Å²) in [5, 5.41) is 15.7. The molecule has 0 aliphatic rings. The number of pyridine rings is 2. The molecular formula is C25H19ClN6. The van der Waals surface area contributed by atoms with E-state index in [1.807, 2.05) is 65.9 Å². The van der Waals surface area contributed by atoms with Crippen LogP contribution in [0, 0.1) is 18.3 Å². The zero-order chi connectivity index (χ0) is 22.2. The van der Waals surface area contributed by atoms with E-state index in [0.717, 1.165) is 45.3 Å². The van der Waals surface area contributed by atoms with Gasteiger partial charge < -0.3 is 0 Å². The number of nitrogens with zero attached hydrogens (tertiary/aromatic N) is 5. The van der Waals surface area contributed by atoms with Gasteiger partial charge in [-0.3, -0.25) is 9.83 Å². The van der Waals surface area contributed by atoms with E-state index in [0.29, 0.717) is 21.9 Å². The fraction of sp³-hybridized carbons (Fsp3) is 0.120. The van der Waals surface area contributed by atoms with Crippen LogP contribution in [-0.2, 0) is 6.42 Å². The fourth-order valence-electron chi connectivity index (χ4n) is 4.10. The van der Waals surface area contributed by atoms with Crippen molar-refractivity contribution < 1.29 is 0 Å². The minimum absolute atomic E-state index is 0.388. The first-order valence-corrected chi connectivity index (χ1v) is 10.7. The van der Waals surface area contributed by atoms with Gasteiger partial charge in [-0.25, -0.2) is 9.97 Å². The van der Waals surface area contributed by atoms with Gasteiger partial charge in [0.25, 0.3) is 0 Å². The van der Waals surface area contributed by atoms with Gasteiger partial charge in [-0.15, -0.1) is 0 Å². The van der Waals surface area contributed by atoms with E-state index < -0.39 is 0 Å². The van der Waals surface area contributed by atoms with Crippen molar-refractivity contribution in [3.63, 3.8) is 0 Å². The Labute approximate surface area is 189 Å². The second kappa shape index (κ2) is 7.95. The van der Waals surface area contributed by atoms with Crippen LogP contribution in [0.1, 0.15) is 29.2 Å². The predicted molar refractivity (Wildman–Crippen MR) is 129 cm³/mol. The lowest BCUT2D eigenvalue weighted by molar-refractivity contribution is 1.04. The summed E-state index contributed by atoms with van der Waals surface area (Å²) in [6.45, 7) is 4.02. The summed E-state index contributed by atoms with van der Waals surface area (Å²) in [7, 11) is 0. The van der Waals surface area contributed by atoms with Crippen molar-refractivity contribution in [2.45, 2.75) is 20.3 Å². The molecule has 0 atom stereocenters. The highest BCUT2D eigenvalue weighted by molar-refractivity contribution is 6.32. The van der Waals surface area contributed by atoms with E-state index in [4.69, 9.17) is 16.6 Å². The molecule has 32 heavy (non-hydrogen) atoms. The number of rotatable bonds is 4. The minimum Gasteiger partial charge on any atom is -0.276 e.